The van der Waals surface area contributed by atoms with Gasteiger partial charge in [0.15, 0.2) is 0 Å². The fraction of sp³-hybridized carbons (Fsp3) is 0.421. The monoisotopic (exact) mass is 423 g/mol. The van der Waals surface area contributed by atoms with E-state index in [9.17, 15) is 19.5 Å². The molecule has 0 bridgehead atoms. The molecule has 150 valence electrons. The number of carbonyl (C=O) groups is 3. The van der Waals surface area contributed by atoms with Crippen molar-refractivity contribution in [3.63, 3.8) is 0 Å². The number of imide groups is 1. The molecule has 2 fully saturated rings. The van der Waals surface area contributed by atoms with Gasteiger partial charge < -0.3 is 14.9 Å². The lowest BCUT2D eigenvalue weighted by Crippen LogP contribution is -2.41. The zero-order valence-corrected chi connectivity index (χ0v) is 17.1. The number of carboxylic acid groups (broad SMARTS) is 1. The van der Waals surface area contributed by atoms with Crippen molar-refractivity contribution in [2.75, 3.05) is 24.5 Å². The normalized spacial score (nSPS) is 20.7. The van der Waals surface area contributed by atoms with Gasteiger partial charge >= 0.3 is 6.09 Å². The number of hydrogen-bond donors (Lipinski definition) is 2. The van der Waals surface area contributed by atoms with Gasteiger partial charge in [-0.15, -0.1) is 0 Å². The van der Waals surface area contributed by atoms with E-state index in [4.69, 9.17) is 11.6 Å². The minimum atomic E-state index is -0.897. The van der Waals surface area contributed by atoms with Crippen LogP contribution in [0.3, 0.4) is 0 Å². The summed E-state index contributed by atoms with van der Waals surface area (Å²) in [5, 5.41) is 12.0. The fourth-order valence-corrected chi connectivity index (χ4v) is 4.29. The quantitative estimate of drug-likeness (QED) is 0.671. The first-order valence-corrected chi connectivity index (χ1v) is 10.4. The molecule has 0 aliphatic carbocycles. The van der Waals surface area contributed by atoms with Crippen molar-refractivity contribution in [3.05, 3.63) is 33.7 Å². The SMILES string of the molecule is CCCCN(C(=O)O)C1CCN(c2cc(Cl)ccc2C=C2SC(=O)NC2=O)C1. The molecule has 2 aliphatic rings. The molecule has 0 radical (unpaired) electrons. The molecule has 2 saturated heterocycles. The van der Waals surface area contributed by atoms with Gasteiger partial charge in [-0.3, -0.25) is 14.9 Å². The van der Waals surface area contributed by atoms with Crippen LogP contribution in [0.25, 0.3) is 6.08 Å². The number of hydrogen-bond acceptors (Lipinski definition) is 5. The first-order valence-electron chi connectivity index (χ1n) is 9.18. The highest BCUT2D eigenvalue weighted by Crippen LogP contribution is 2.33. The summed E-state index contributed by atoms with van der Waals surface area (Å²) in [6.07, 6.45) is 3.27. The summed E-state index contributed by atoms with van der Waals surface area (Å²) in [5.41, 5.74) is 1.60. The number of anilines is 1. The molecule has 7 nitrogen and oxygen atoms in total. The third-order valence-corrected chi connectivity index (χ3v) is 5.91. The van der Waals surface area contributed by atoms with Crippen LogP contribution in [0.15, 0.2) is 23.1 Å². The Kier molecular flexibility index (Phi) is 6.51. The molecule has 1 unspecified atom stereocenters. The van der Waals surface area contributed by atoms with Gasteiger partial charge in [0.25, 0.3) is 11.1 Å². The third kappa shape index (κ3) is 4.62. The van der Waals surface area contributed by atoms with E-state index in [0.717, 1.165) is 42.3 Å². The summed E-state index contributed by atoms with van der Waals surface area (Å²) >= 11 is 7.06. The zero-order chi connectivity index (χ0) is 20.3. The summed E-state index contributed by atoms with van der Waals surface area (Å²) in [7, 11) is 0. The number of thioether (sulfide) groups is 1. The highest BCUT2D eigenvalue weighted by molar-refractivity contribution is 8.18. The lowest BCUT2D eigenvalue weighted by Gasteiger charge is -2.27. The standard InChI is InChI=1S/C19H22ClN3O4S/c1-2-3-7-23(19(26)27)14-6-8-22(11-14)15-10-13(20)5-4-12(15)9-16-17(24)21-18(25)28-16/h4-5,9-10,14H,2-3,6-8,11H2,1H3,(H,26,27)(H,21,24,25). The summed E-state index contributed by atoms with van der Waals surface area (Å²) in [5.74, 6) is -0.410. The highest BCUT2D eigenvalue weighted by atomic mass is 35.5. The van der Waals surface area contributed by atoms with Crippen LogP contribution in [-0.2, 0) is 4.79 Å². The predicted molar refractivity (Wildman–Crippen MR) is 111 cm³/mol. The number of benzene rings is 1. The summed E-state index contributed by atoms with van der Waals surface area (Å²) in [6.45, 7) is 3.81. The highest BCUT2D eigenvalue weighted by Gasteiger charge is 2.32. The van der Waals surface area contributed by atoms with Gasteiger partial charge in [-0.05, 0) is 48.4 Å². The number of unbranched alkanes of at least 4 members (excludes halogenated alkanes) is 1. The molecule has 2 N–H and O–H groups in total. The molecule has 3 rings (SSSR count). The largest absolute Gasteiger partial charge is 0.465 e. The van der Waals surface area contributed by atoms with Crippen molar-refractivity contribution in [3.8, 4) is 0 Å². The molecule has 2 aliphatic heterocycles. The molecule has 0 aromatic heterocycles. The minimum absolute atomic E-state index is 0.0886. The summed E-state index contributed by atoms with van der Waals surface area (Å²) in [4.78, 5) is 38.9. The van der Waals surface area contributed by atoms with E-state index in [-0.39, 0.29) is 11.3 Å². The molecule has 0 spiro atoms. The average molecular weight is 424 g/mol. The van der Waals surface area contributed by atoms with Gasteiger partial charge in [-0.25, -0.2) is 4.79 Å². The van der Waals surface area contributed by atoms with Crippen LogP contribution < -0.4 is 10.2 Å². The van der Waals surface area contributed by atoms with Crippen molar-refractivity contribution < 1.29 is 19.5 Å². The van der Waals surface area contributed by atoms with Crippen LogP contribution in [0, 0.1) is 0 Å². The van der Waals surface area contributed by atoms with Crippen LogP contribution in [0.4, 0.5) is 15.3 Å². The molecule has 3 amide bonds. The van der Waals surface area contributed by atoms with Crippen LogP contribution in [0.2, 0.25) is 5.02 Å². The number of halogens is 1. The van der Waals surface area contributed by atoms with E-state index in [1.165, 1.54) is 4.90 Å². The maximum Gasteiger partial charge on any atom is 0.407 e. The number of amides is 3. The Morgan fingerprint density at radius 1 is 1.46 bits per heavy atom. The first kappa shape index (κ1) is 20.5. The molecule has 0 saturated carbocycles. The van der Waals surface area contributed by atoms with Crippen molar-refractivity contribution in [1.82, 2.24) is 10.2 Å². The van der Waals surface area contributed by atoms with Crippen LogP contribution >= 0.6 is 23.4 Å². The summed E-state index contributed by atoms with van der Waals surface area (Å²) < 4.78 is 0. The zero-order valence-electron chi connectivity index (χ0n) is 15.5. The van der Waals surface area contributed by atoms with E-state index >= 15 is 0 Å². The molecular weight excluding hydrogens is 402 g/mol. The first-order chi connectivity index (χ1) is 13.4. The molecule has 2 heterocycles. The Bertz CT molecular complexity index is 829. The van der Waals surface area contributed by atoms with Gasteiger partial charge in [-0.2, -0.15) is 0 Å². The Hall–Kier alpha value is -2.19. The van der Waals surface area contributed by atoms with Crippen LogP contribution in [0.1, 0.15) is 31.7 Å². The lowest BCUT2D eigenvalue weighted by molar-refractivity contribution is -0.115. The van der Waals surface area contributed by atoms with E-state index in [0.29, 0.717) is 29.6 Å². The van der Waals surface area contributed by atoms with Gasteiger partial charge in [0.2, 0.25) is 0 Å². The van der Waals surface area contributed by atoms with E-state index in [2.05, 4.69) is 10.2 Å². The smallest absolute Gasteiger partial charge is 0.407 e. The molecule has 1 aromatic rings. The minimum Gasteiger partial charge on any atom is -0.465 e. The number of nitrogens with zero attached hydrogens (tertiary/aromatic N) is 2. The number of nitrogens with one attached hydrogen (secondary N) is 1. The maximum absolute atomic E-state index is 11.9. The van der Waals surface area contributed by atoms with Crippen molar-refractivity contribution >= 4 is 52.4 Å². The fourth-order valence-electron chi connectivity index (χ4n) is 3.45. The summed E-state index contributed by atoms with van der Waals surface area (Å²) in [6, 6.07) is 5.26. The maximum atomic E-state index is 11.9. The number of rotatable bonds is 6. The Morgan fingerprint density at radius 3 is 2.89 bits per heavy atom. The predicted octanol–water partition coefficient (Wildman–Crippen LogP) is 4.02. The Balaban J connectivity index is 1.83. The Morgan fingerprint density at radius 2 is 2.25 bits per heavy atom. The molecule has 1 aromatic carbocycles. The Labute approximate surface area is 172 Å². The van der Waals surface area contributed by atoms with E-state index < -0.39 is 12.0 Å². The van der Waals surface area contributed by atoms with E-state index in [1.54, 1.807) is 18.2 Å². The lowest BCUT2D eigenvalue weighted by atomic mass is 10.1. The molecule has 9 heteroatoms. The van der Waals surface area contributed by atoms with Crippen LogP contribution in [-0.4, -0.2) is 52.9 Å². The second-order valence-electron chi connectivity index (χ2n) is 6.77. The van der Waals surface area contributed by atoms with Gasteiger partial charge in [0.1, 0.15) is 0 Å². The van der Waals surface area contributed by atoms with Crippen LogP contribution in [0.5, 0.6) is 0 Å². The molecule has 28 heavy (non-hydrogen) atoms. The second kappa shape index (κ2) is 8.87. The third-order valence-electron chi connectivity index (χ3n) is 4.86. The topological polar surface area (TPSA) is 90.0 Å². The van der Waals surface area contributed by atoms with Gasteiger partial charge in [-0.1, -0.05) is 31.0 Å². The van der Waals surface area contributed by atoms with Crippen molar-refractivity contribution in [1.29, 1.82) is 0 Å². The van der Waals surface area contributed by atoms with Crippen molar-refractivity contribution in [2.24, 2.45) is 0 Å². The molecular formula is C19H22ClN3O4S. The van der Waals surface area contributed by atoms with Gasteiger partial charge in [0, 0.05) is 30.3 Å². The average Bonchev–Trinajstić information content (AvgIpc) is 3.23. The van der Waals surface area contributed by atoms with Gasteiger partial charge in [0.05, 0.1) is 10.9 Å². The number of carbonyl (C=O) groups excluding carboxylic acids is 2. The molecule has 1 atom stereocenters. The van der Waals surface area contributed by atoms with Crippen molar-refractivity contribution in [2.45, 2.75) is 32.2 Å². The van der Waals surface area contributed by atoms with E-state index in [1.807, 2.05) is 13.0 Å². The second-order valence-corrected chi connectivity index (χ2v) is 8.22.